The lowest BCUT2D eigenvalue weighted by molar-refractivity contribution is -0.123. The number of fused-ring (bicyclic) bond motifs is 1. The van der Waals surface area contributed by atoms with E-state index in [2.05, 4.69) is 75.9 Å². The third-order valence-electron chi connectivity index (χ3n) is 9.04. The van der Waals surface area contributed by atoms with Gasteiger partial charge in [0.25, 0.3) is 0 Å². The molecule has 176 valence electrons. The lowest BCUT2D eigenvalue weighted by Crippen LogP contribution is -2.41. The normalized spacial score (nSPS) is 23.2. The van der Waals surface area contributed by atoms with E-state index >= 15 is 0 Å². The number of nitrogens with one attached hydrogen (secondary N) is 1. The quantitative estimate of drug-likeness (QED) is 0.539. The number of carbonyl (C=O) groups excluding carboxylic acids is 1. The molecule has 34 heavy (non-hydrogen) atoms. The molecule has 0 radical (unpaired) electrons. The SMILES string of the molecule is O=C(NCC1(c2ccccc2)CCCC1)[C@H]1CC12CCN(Cc1ccnc3ccccc13)CC2. The smallest absolute Gasteiger partial charge is 0.223 e. The van der Waals surface area contributed by atoms with Crippen molar-refractivity contribution in [2.75, 3.05) is 19.6 Å². The molecular formula is C30H35N3O. The highest BCUT2D eigenvalue weighted by atomic mass is 16.2. The van der Waals surface area contributed by atoms with E-state index in [0.29, 0.717) is 5.91 Å². The fourth-order valence-electron chi connectivity index (χ4n) is 6.75. The predicted octanol–water partition coefficient (Wildman–Crippen LogP) is 5.47. The zero-order valence-corrected chi connectivity index (χ0v) is 20.0. The van der Waals surface area contributed by atoms with Gasteiger partial charge in [0.1, 0.15) is 0 Å². The van der Waals surface area contributed by atoms with Crippen LogP contribution < -0.4 is 5.32 Å². The Morgan fingerprint density at radius 2 is 1.68 bits per heavy atom. The van der Waals surface area contributed by atoms with Crippen molar-refractivity contribution < 1.29 is 4.79 Å². The highest BCUT2D eigenvalue weighted by Crippen LogP contribution is 2.59. The number of aromatic nitrogens is 1. The Morgan fingerprint density at radius 1 is 0.941 bits per heavy atom. The molecule has 3 fully saturated rings. The second kappa shape index (κ2) is 8.81. The minimum atomic E-state index is 0.135. The van der Waals surface area contributed by atoms with Gasteiger partial charge in [-0.2, -0.15) is 0 Å². The Kier molecular flexibility index (Phi) is 5.65. The van der Waals surface area contributed by atoms with Crippen LogP contribution in [0.4, 0.5) is 0 Å². The zero-order valence-electron chi connectivity index (χ0n) is 20.0. The van der Waals surface area contributed by atoms with Gasteiger partial charge in [-0.15, -0.1) is 0 Å². The minimum absolute atomic E-state index is 0.135. The Bertz CT molecular complexity index is 1150. The van der Waals surface area contributed by atoms with Gasteiger partial charge in [0, 0.05) is 36.0 Å². The Labute approximate surface area is 202 Å². The van der Waals surface area contributed by atoms with Crippen molar-refractivity contribution in [2.45, 2.75) is 56.9 Å². The van der Waals surface area contributed by atoms with Crippen molar-refractivity contribution in [1.29, 1.82) is 0 Å². The molecular weight excluding hydrogens is 418 g/mol. The molecule has 2 heterocycles. The third kappa shape index (κ3) is 4.02. The number of pyridine rings is 1. The van der Waals surface area contributed by atoms with Crippen LogP contribution in [0, 0.1) is 11.3 Å². The fraction of sp³-hybridized carbons (Fsp3) is 0.467. The summed E-state index contributed by atoms with van der Waals surface area (Å²) in [4.78, 5) is 20.3. The molecule has 3 aliphatic rings. The first-order valence-corrected chi connectivity index (χ1v) is 13.1. The van der Waals surface area contributed by atoms with Crippen molar-refractivity contribution in [3.8, 4) is 0 Å². The number of piperidine rings is 1. The lowest BCUT2D eigenvalue weighted by Gasteiger charge is -2.33. The van der Waals surface area contributed by atoms with Gasteiger partial charge in [0.15, 0.2) is 0 Å². The standard InChI is InChI=1S/C30H35N3O/c34-28(32-22-30(13-6-7-14-30)24-8-2-1-3-9-24)26-20-29(26)15-18-33(19-16-29)21-23-12-17-31-27-11-5-4-10-25(23)27/h1-5,8-12,17,26H,6-7,13-16,18-22H2,(H,32,34)/t26-/m1/s1. The molecule has 2 aliphatic carbocycles. The third-order valence-corrected chi connectivity index (χ3v) is 9.04. The van der Waals surface area contributed by atoms with E-state index in [0.717, 1.165) is 51.0 Å². The highest BCUT2D eigenvalue weighted by Gasteiger charge is 2.58. The van der Waals surface area contributed by atoms with Gasteiger partial charge in [0.2, 0.25) is 5.91 Å². The number of benzene rings is 2. The van der Waals surface area contributed by atoms with Gasteiger partial charge in [-0.3, -0.25) is 14.7 Å². The van der Waals surface area contributed by atoms with Gasteiger partial charge in [0.05, 0.1) is 5.52 Å². The van der Waals surface area contributed by atoms with Crippen LogP contribution in [0.25, 0.3) is 10.9 Å². The average molecular weight is 454 g/mol. The molecule has 2 saturated carbocycles. The van der Waals surface area contributed by atoms with Gasteiger partial charge >= 0.3 is 0 Å². The summed E-state index contributed by atoms with van der Waals surface area (Å²) >= 11 is 0. The summed E-state index contributed by atoms with van der Waals surface area (Å²) in [6, 6.07) is 21.4. The molecule has 1 saturated heterocycles. The summed E-state index contributed by atoms with van der Waals surface area (Å²) < 4.78 is 0. The molecule has 4 heteroatoms. The Hall–Kier alpha value is -2.72. The van der Waals surface area contributed by atoms with Crippen LogP contribution in [0.5, 0.6) is 0 Å². The average Bonchev–Trinajstić information content (AvgIpc) is 3.37. The van der Waals surface area contributed by atoms with E-state index in [1.165, 1.54) is 42.2 Å². The second-order valence-electron chi connectivity index (χ2n) is 11.0. The van der Waals surface area contributed by atoms with Gasteiger partial charge in [-0.05, 0) is 73.9 Å². The Morgan fingerprint density at radius 3 is 2.47 bits per heavy atom. The van der Waals surface area contributed by atoms with Crippen LogP contribution in [-0.2, 0) is 16.8 Å². The summed E-state index contributed by atoms with van der Waals surface area (Å²) in [5.41, 5.74) is 4.21. The van der Waals surface area contributed by atoms with Crippen LogP contribution in [-0.4, -0.2) is 35.4 Å². The summed E-state index contributed by atoms with van der Waals surface area (Å²) in [6.07, 6.45) is 10.2. The monoisotopic (exact) mass is 453 g/mol. The zero-order chi connectivity index (χ0) is 23.0. The number of rotatable bonds is 6. The molecule has 3 aromatic rings. The van der Waals surface area contributed by atoms with E-state index in [-0.39, 0.29) is 16.7 Å². The molecule has 2 aromatic carbocycles. The van der Waals surface area contributed by atoms with Crippen LogP contribution in [0.15, 0.2) is 66.9 Å². The minimum Gasteiger partial charge on any atom is -0.355 e. The first kappa shape index (κ1) is 21.8. The summed E-state index contributed by atoms with van der Waals surface area (Å²) in [5.74, 6) is 0.515. The van der Waals surface area contributed by atoms with E-state index in [1.807, 2.05) is 6.20 Å². The lowest BCUT2D eigenvalue weighted by atomic mass is 9.78. The van der Waals surface area contributed by atoms with E-state index in [9.17, 15) is 4.79 Å². The van der Waals surface area contributed by atoms with Crippen molar-refractivity contribution in [1.82, 2.24) is 15.2 Å². The largest absolute Gasteiger partial charge is 0.355 e. The van der Waals surface area contributed by atoms with Crippen molar-refractivity contribution >= 4 is 16.8 Å². The van der Waals surface area contributed by atoms with Crippen molar-refractivity contribution in [2.24, 2.45) is 11.3 Å². The van der Waals surface area contributed by atoms with Gasteiger partial charge < -0.3 is 5.32 Å². The number of likely N-dealkylation sites (tertiary alicyclic amines) is 1. The number of amides is 1. The molecule has 0 bridgehead atoms. The maximum absolute atomic E-state index is 13.2. The van der Waals surface area contributed by atoms with Crippen LogP contribution in [0.3, 0.4) is 0 Å². The number of hydrogen-bond donors (Lipinski definition) is 1. The van der Waals surface area contributed by atoms with Gasteiger partial charge in [-0.25, -0.2) is 0 Å². The molecule has 1 atom stereocenters. The summed E-state index contributed by atoms with van der Waals surface area (Å²) in [5, 5.41) is 4.67. The predicted molar refractivity (Wildman–Crippen MR) is 136 cm³/mol. The Balaban J connectivity index is 1.05. The highest BCUT2D eigenvalue weighted by molar-refractivity contribution is 5.83. The maximum atomic E-state index is 13.2. The molecule has 1 N–H and O–H groups in total. The first-order chi connectivity index (χ1) is 16.7. The number of hydrogen-bond acceptors (Lipinski definition) is 3. The molecule has 1 aromatic heterocycles. The summed E-state index contributed by atoms with van der Waals surface area (Å²) in [7, 11) is 0. The fourth-order valence-corrected chi connectivity index (χ4v) is 6.75. The number of para-hydroxylation sites is 1. The first-order valence-electron chi connectivity index (χ1n) is 13.1. The van der Waals surface area contributed by atoms with Gasteiger partial charge in [-0.1, -0.05) is 61.4 Å². The molecule has 4 nitrogen and oxygen atoms in total. The molecule has 0 unspecified atom stereocenters. The molecule has 6 rings (SSSR count). The maximum Gasteiger partial charge on any atom is 0.223 e. The van der Waals surface area contributed by atoms with Crippen LogP contribution >= 0.6 is 0 Å². The topological polar surface area (TPSA) is 45.2 Å². The van der Waals surface area contributed by atoms with Crippen LogP contribution in [0.1, 0.15) is 56.1 Å². The van der Waals surface area contributed by atoms with Crippen molar-refractivity contribution in [3.63, 3.8) is 0 Å². The van der Waals surface area contributed by atoms with E-state index in [1.54, 1.807) is 0 Å². The second-order valence-corrected chi connectivity index (χ2v) is 11.0. The molecule has 1 spiro atoms. The van der Waals surface area contributed by atoms with E-state index < -0.39 is 0 Å². The molecule has 1 amide bonds. The number of nitrogens with zero attached hydrogens (tertiary/aromatic N) is 2. The van der Waals surface area contributed by atoms with E-state index in [4.69, 9.17) is 0 Å². The number of carbonyl (C=O) groups is 1. The summed E-state index contributed by atoms with van der Waals surface area (Å²) in [6.45, 7) is 3.92. The van der Waals surface area contributed by atoms with Crippen LogP contribution in [0.2, 0.25) is 0 Å². The van der Waals surface area contributed by atoms with Crippen molar-refractivity contribution in [3.05, 3.63) is 78.0 Å². The molecule has 1 aliphatic heterocycles.